The summed E-state index contributed by atoms with van der Waals surface area (Å²) in [6.45, 7) is 7.77. The molecule has 0 radical (unpaired) electrons. The molecule has 2 unspecified atom stereocenters. The molecule has 0 heterocycles. The predicted octanol–water partition coefficient (Wildman–Crippen LogP) is 3.32. The summed E-state index contributed by atoms with van der Waals surface area (Å²) < 4.78 is 0. The van der Waals surface area contributed by atoms with Crippen molar-refractivity contribution in [2.75, 3.05) is 0 Å². The lowest BCUT2D eigenvalue weighted by Gasteiger charge is -2.30. The molecule has 1 aliphatic rings. The average Bonchev–Trinajstić information content (AvgIpc) is 3.47. The van der Waals surface area contributed by atoms with Crippen molar-refractivity contribution in [3.63, 3.8) is 0 Å². The van der Waals surface area contributed by atoms with Gasteiger partial charge in [0, 0.05) is 5.56 Å². The number of aliphatic hydroxyl groups is 1. The van der Waals surface area contributed by atoms with Gasteiger partial charge in [-0.3, -0.25) is 14.4 Å². The van der Waals surface area contributed by atoms with Crippen LogP contribution < -0.4 is 10.6 Å². The number of hydrogen-bond acceptors (Lipinski definition) is 4. The van der Waals surface area contributed by atoms with Crippen molar-refractivity contribution < 1.29 is 19.5 Å². The number of benzene rings is 2. The van der Waals surface area contributed by atoms with Crippen LogP contribution in [0.5, 0.6) is 0 Å². The third kappa shape index (κ3) is 6.08. The predicted molar refractivity (Wildman–Crippen MR) is 128 cm³/mol. The summed E-state index contributed by atoms with van der Waals surface area (Å²) in [5.74, 6) is -1.49. The smallest absolute Gasteiger partial charge is 0.251 e. The fourth-order valence-corrected chi connectivity index (χ4v) is 4.33. The SMILES string of the molecule is CC(C)C[C@H](NC(=O)c1ccccc1)C(=O)N[C@@H](C(C)C)[C@@H](O)C1C(=O)C1c1ccccc1. The molecule has 2 aromatic carbocycles. The molecule has 3 rings (SSSR count). The maximum absolute atomic E-state index is 13.2. The first-order valence-corrected chi connectivity index (χ1v) is 11.6. The number of nitrogens with one attached hydrogen (secondary N) is 2. The molecule has 33 heavy (non-hydrogen) atoms. The van der Waals surface area contributed by atoms with E-state index in [1.165, 1.54) is 0 Å². The van der Waals surface area contributed by atoms with E-state index < -0.39 is 24.1 Å². The summed E-state index contributed by atoms with van der Waals surface area (Å²) in [6.07, 6.45) is -0.545. The van der Waals surface area contributed by atoms with E-state index in [2.05, 4.69) is 10.6 Å². The van der Waals surface area contributed by atoms with Crippen LogP contribution in [0.25, 0.3) is 0 Å². The van der Waals surface area contributed by atoms with Crippen molar-refractivity contribution in [3.05, 3.63) is 71.8 Å². The molecule has 0 bridgehead atoms. The third-order valence-corrected chi connectivity index (χ3v) is 6.17. The van der Waals surface area contributed by atoms with Crippen LogP contribution >= 0.6 is 0 Å². The fourth-order valence-electron chi connectivity index (χ4n) is 4.33. The number of amides is 2. The van der Waals surface area contributed by atoms with Crippen LogP contribution in [-0.4, -0.2) is 40.9 Å². The largest absolute Gasteiger partial charge is 0.390 e. The van der Waals surface area contributed by atoms with Gasteiger partial charge in [-0.25, -0.2) is 0 Å². The van der Waals surface area contributed by atoms with E-state index >= 15 is 0 Å². The lowest BCUT2D eigenvalue weighted by Crippen LogP contribution is -2.55. The number of carbonyl (C=O) groups excluding carboxylic acids is 3. The first-order valence-electron chi connectivity index (χ1n) is 11.6. The lowest BCUT2D eigenvalue weighted by molar-refractivity contribution is -0.126. The Morgan fingerprint density at radius 3 is 2.03 bits per heavy atom. The molecule has 0 saturated heterocycles. The van der Waals surface area contributed by atoms with Crippen molar-refractivity contribution in [1.29, 1.82) is 0 Å². The van der Waals surface area contributed by atoms with Gasteiger partial charge in [-0.2, -0.15) is 0 Å². The highest BCUT2D eigenvalue weighted by atomic mass is 16.3. The summed E-state index contributed by atoms with van der Waals surface area (Å²) >= 11 is 0. The van der Waals surface area contributed by atoms with Gasteiger partial charge in [0.15, 0.2) is 0 Å². The zero-order chi connectivity index (χ0) is 24.1. The highest BCUT2D eigenvalue weighted by molar-refractivity contribution is 6.05. The molecule has 1 saturated carbocycles. The monoisotopic (exact) mass is 450 g/mol. The first-order chi connectivity index (χ1) is 15.7. The minimum absolute atomic E-state index is 0.00953. The first kappa shape index (κ1) is 24.6. The van der Waals surface area contributed by atoms with E-state index in [0.29, 0.717) is 12.0 Å². The maximum atomic E-state index is 13.2. The Hall–Kier alpha value is -2.99. The second-order valence-corrected chi connectivity index (χ2v) is 9.61. The van der Waals surface area contributed by atoms with E-state index in [1.807, 2.05) is 64.1 Å². The van der Waals surface area contributed by atoms with Crippen LogP contribution in [0, 0.1) is 17.8 Å². The molecule has 6 heteroatoms. The Kier molecular flexibility index (Phi) is 8.03. The Balaban J connectivity index is 1.71. The van der Waals surface area contributed by atoms with Crippen LogP contribution in [0.3, 0.4) is 0 Å². The van der Waals surface area contributed by atoms with Gasteiger partial charge in [0.1, 0.15) is 11.8 Å². The second kappa shape index (κ2) is 10.8. The van der Waals surface area contributed by atoms with E-state index in [9.17, 15) is 19.5 Å². The van der Waals surface area contributed by atoms with Gasteiger partial charge in [-0.05, 0) is 36.0 Å². The molecule has 0 aliphatic heterocycles. The summed E-state index contributed by atoms with van der Waals surface area (Å²) in [7, 11) is 0. The highest BCUT2D eigenvalue weighted by Crippen LogP contribution is 2.46. The van der Waals surface area contributed by atoms with Crippen molar-refractivity contribution in [2.24, 2.45) is 17.8 Å². The zero-order valence-corrected chi connectivity index (χ0v) is 19.7. The Bertz CT molecular complexity index is 959. The summed E-state index contributed by atoms with van der Waals surface area (Å²) in [5, 5.41) is 16.8. The van der Waals surface area contributed by atoms with Crippen LogP contribution in [0.2, 0.25) is 0 Å². The zero-order valence-electron chi connectivity index (χ0n) is 19.7. The van der Waals surface area contributed by atoms with E-state index in [4.69, 9.17) is 0 Å². The van der Waals surface area contributed by atoms with Gasteiger partial charge < -0.3 is 15.7 Å². The van der Waals surface area contributed by atoms with Gasteiger partial charge in [0.2, 0.25) is 5.91 Å². The molecule has 176 valence electrons. The summed E-state index contributed by atoms with van der Waals surface area (Å²) in [4.78, 5) is 38.4. The molecule has 1 fully saturated rings. The Morgan fingerprint density at radius 2 is 1.48 bits per heavy atom. The minimum Gasteiger partial charge on any atom is -0.390 e. The molecule has 0 spiro atoms. The number of Topliss-reactive ketones (excluding diaryl/α,β-unsaturated/α-hetero) is 1. The van der Waals surface area contributed by atoms with Crippen molar-refractivity contribution >= 4 is 17.6 Å². The summed E-state index contributed by atoms with van der Waals surface area (Å²) in [5.41, 5.74) is 1.36. The number of carbonyl (C=O) groups is 3. The number of rotatable bonds is 10. The van der Waals surface area contributed by atoms with Crippen LogP contribution in [0.15, 0.2) is 60.7 Å². The van der Waals surface area contributed by atoms with Crippen LogP contribution in [0.4, 0.5) is 0 Å². The van der Waals surface area contributed by atoms with Crippen LogP contribution in [-0.2, 0) is 9.59 Å². The molecular formula is C27H34N2O4. The fraction of sp³-hybridized carbons (Fsp3) is 0.444. The van der Waals surface area contributed by atoms with Gasteiger partial charge in [-0.1, -0.05) is 76.2 Å². The van der Waals surface area contributed by atoms with Crippen molar-refractivity contribution in [2.45, 2.75) is 58.2 Å². The van der Waals surface area contributed by atoms with Gasteiger partial charge in [-0.15, -0.1) is 0 Å². The van der Waals surface area contributed by atoms with Crippen LogP contribution in [0.1, 0.15) is 56.0 Å². The maximum Gasteiger partial charge on any atom is 0.251 e. The number of hydrogen-bond donors (Lipinski definition) is 3. The highest BCUT2D eigenvalue weighted by Gasteiger charge is 2.56. The average molecular weight is 451 g/mol. The molecule has 5 atom stereocenters. The van der Waals surface area contributed by atoms with E-state index in [1.54, 1.807) is 24.3 Å². The topological polar surface area (TPSA) is 95.5 Å². The Morgan fingerprint density at radius 1 is 0.909 bits per heavy atom. The standard InChI is InChI=1S/C27H34N2O4/c1-16(2)15-20(28-26(32)19-13-9-6-10-14-19)27(33)29-23(17(3)4)25(31)22-21(24(22)30)18-11-7-5-8-12-18/h5-14,16-17,20-23,25,31H,15H2,1-4H3,(H,28,32)(H,29,33)/t20-,21?,22?,23-,25-/m0/s1. The minimum atomic E-state index is -1.00. The summed E-state index contributed by atoms with van der Waals surface area (Å²) in [6, 6.07) is 16.8. The van der Waals surface area contributed by atoms with Gasteiger partial charge in [0.25, 0.3) is 5.91 Å². The van der Waals surface area contributed by atoms with Crippen molar-refractivity contribution in [3.8, 4) is 0 Å². The molecular weight excluding hydrogens is 416 g/mol. The number of ketones is 1. The lowest BCUT2D eigenvalue weighted by atomic mass is 9.92. The molecule has 3 N–H and O–H groups in total. The Labute approximate surface area is 195 Å². The molecule has 2 amide bonds. The van der Waals surface area contributed by atoms with E-state index in [0.717, 1.165) is 5.56 Å². The number of aliphatic hydroxyl groups excluding tert-OH is 1. The quantitative estimate of drug-likeness (QED) is 0.517. The second-order valence-electron chi connectivity index (χ2n) is 9.61. The van der Waals surface area contributed by atoms with E-state index in [-0.39, 0.29) is 35.4 Å². The molecule has 0 aromatic heterocycles. The van der Waals surface area contributed by atoms with Gasteiger partial charge >= 0.3 is 0 Å². The molecule has 1 aliphatic carbocycles. The molecule has 2 aromatic rings. The molecule has 6 nitrogen and oxygen atoms in total. The third-order valence-electron chi connectivity index (χ3n) is 6.17. The van der Waals surface area contributed by atoms with Gasteiger partial charge in [0.05, 0.1) is 24.0 Å². The normalized spacial score (nSPS) is 20.3. The van der Waals surface area contributed by atoms with Crippen molar-refractivity contribution in [1.82, 2.24) is 10.6 Å².